The average molecular weight is 297 g/mol. The van der Waals surface area contributed by atoms with Crippen LogP contribution in [0.5, 0.6) is 0 Å². The lowest BCUT2D eigenvalue weighted by Gasteiger charge is -2.13. The molecule has 0 aliphatic carbocycles. The van der Waals surface area contributed by atoms with Gasteiger partial charge in [-0.3, -0.25) is 0 Å². The number of hydrogen-bond acceptors (Lipinski definition) is 2. The predicted octanol–water partition coefficient (Wildman–Crippen LogP) is 3.83. The van der Waals surface area contributed by atoms with Crippen LogP contribution in [0.3, 0.4) is 0 Å². The van der Waals surface area contributed by atoms with Gasteiger partial charge in [0.25, 0.3) is 0 Å². The topological polar surface area (TPSA) is 20.2 Å². The summed E-state index contributed by atoms with van der Waals surface area (Å²) in [5.41, 5.74) is 1.20. The molecule has 0 aliphatic heterocycles. The Morgan fingerprint density at radius 1 is 1.12 bits per heavy atom. The quantitative estimate of drug-likeness (QED) is 0.909. The summed E-state index contributed by atoms with van der Waals surface area (Å²) in [7, 11) is 0. The summed E-state index contributed by atoms with van der Waals surface area (Å²) < 4.78 is 1.15. The maximum atomic E-state index is 9.44. The van der Waals surface area contributed by atoms with Crippen LogP contribution in [0.1, 0.15) is 16.4 Å². The molecule has 1 aromatic heterocycles. The van der Waals surface area contributed by atoms with Gasteiger partial charge in [0.15, 0.2) is 0 Å². The van der Waals surface area contributed by atoms with Crippen LogP contribution >= 0.6 is 27.3 Å². The minimum atomic E-state index is 0.194. The maximum absolute atomic E-state index is 9.44. The molecule has 1 unspecified atom stereocenters. The van der Waals surface area contributed by atoms with Crippen LogP contribution in [-0.4, -0.2) is 11.7 Å². The van der Waals surface area contributed by atoms with Crippen LogP contribution in [0.4, 0.5) is 0 Å². The Labute approximate surface area is 108 Å². The SMILES string of the molecule is OCC(Cc1ccc(Br)s1)c1ccccc1. The molecule has 0 saturated heterocycles. The number of hydrogen-bond donors (Lipinski definition) is 1. The molecule has 1 aromatic carbocycles. The zero-order chi connectivity index (χ0) is 11.4. The number of benzene rings is 1. The Bertz CT molecular complexity index is 438. The molecule has 1 atom stereocenters. The molecule has 84 valence electrons. The first kappa shape index (κ1) is 11.8. The molecule has 0 amide bonds. The fraction of sp³-hybridized carbons (Fsp3) is 0.231. The van der Waals surface area contributed by atoms with E-state index >= 15 is 0 Å². The molecule has 0 radical (unpaired) electrons. The molecule has 2 aromatic rings. The van der Waals surface area contributed by atoms with Crippen molar-refractivity contribution in [2.45, 2.75) is 12.3 Å². The lowest BCUT2D eigenvalue weighted by molar-refractivity contribution is 0.265. The van der Waals surface area contributed by atoms with Crippen molar-refractivity contribution >= 4 is 27.3 Å². The van der Waals surface area contributed by atoms with E-state index in [-0.39, 0.29) is 12.5 Å². The Hall–Kier alpha value is -0.640. The Kier molecular flexibility index (Phi) is 4.16. The third-order valence-corrected chi connectivity index (χ3v) is 4.21. The van der Waals surface area contributed by atoms with Gasteiger partial charge in [-0.2, -0.15) is 0 Å². The van der Waals surface area contributed by atoms with Gasteiger partial charge in [0.05, 0.1) is 10.4 Å². The van der Waals surface area contributed by atoms with Crippen molar-refractivity contribution in [2.24, 2.45) is 0 Å². The highest BCUT2D eigenvalue weighted by molar-refractivity contribution is 9.11. The van der Waals surface area contributed by atoms with E-state index < -0.39 is 0 Å². The normalized spacial score (nSPS) is 12.6. The first-order chi connectivity index (χ1) is 7.79. The number of halogens is 1. The molecule has 1 N–H and O–H groups in total. The second-order valence-electron chi connectivity index (χ2n) is 3.70. The standard InChI is InChI=1S/C13H13BrOS/c14-13-7-6-12(16-13)8-11(9-15)10-4-2-1-3-5-10/h1-7,11,15H,8-9H2. The minimum Gasteiger partial charge on any atom is -0.396 e. The molecule has 1 heterocycles. The van der Waals surface area contributed by atoms with E-state index in [9.17, 15) is 5.11 Å². The van der Waals surface area contributed by atoms with Gasteiger partial charge in [0.2, 0.25) is 0 Å². The van der Waals surface area contributed by atoms with Crippen LogP contribution in [0.25, 0.3) is 0 Å². The van der Waals surface area contributed by atoms with Crippen molar-refractivity contribution in [3.63, 3.8) is 0 Å². The largest absolute Gasteiger partial charge is 0.396 e. The van der Waals surface area contributed by atoms with E-state index in [2.05, 4.69) is 40.2 Å². The summed E-state index contributed by atoms with van der Waals surface area (Å²) >= 11 is 5.19. The van der Waals surface area contributed by atoms with E-state index in [1.165, 1.54) is 10.4 Å². The maximum Gasteiger partial charge on any atom is 0.0701 e. The zero-order valence-electron chi connectivity index (χ0n) is 8.77. The lowest BCUT2D eigenvalue weighted by Crippen LogP contribution is -2.06. The third kappa shape index (κ3) is 2.94. The summed E-state index contributed by atoms with van der Waals surface area (Å²) in [6.07, 6.45) is 0.900. The molecule has 1 nitrogen and oxygen atoms in total. The van der Waals surface area contributed by atoms with Crippen LogP contribution in [0.15, 0.2) is 46.3 Å². The van der Waals surface area contributed by atoms with Crippen LogP contribution in [-0.2, 0) is 6.42 Å². The van der Waals surface area contributed by atoms with E-state index in [1.54, 1.807) is 11.3 Å². The Balaban J connectivity index is 2.12. The van der Waals surface area contributed by atoms with E-state index in [0.717, 1.165) is 10.2 Å². The fourth-order valence-corrected chi connectivity index (χ4v) is 3.28. The van der Waals surface area contributed by atoms with Gasteiger partial charge in [-0.1, -0.05) is 30.3 Å². The molecule has 0 aliphatic rings. The van der Waals surface area contributed by atoms with Gasteiger partial charge < -0.3 is 5.11 Å². The number of aliphatic hydroxyl groups is 1. The van der Waals surface area contributed by atoms with Crippen LogP contribution in [0, 0.1) is 0 Å². The molecule has 2 rings (SSSR count). The van der Waals surface area contributed by atoms with Crippen molar-refractivity contribution in [3.8, 4) is 0 Å². The highest BCUT2D eigenvalue weighted by atomic mass is 79.9. The van der Waals surface area contributed by atoms with Gasteiger partial charge in [-0.25, -0.2) is 0 Å². The number of thiophene rings is 1. The van der Waals surface area contributed by atoms with Gasteiger partial charge in [-0.15, -0.1) is 11.3 Å². The highest BCUT2D eigenvalue weighted by Gasteiger charge is 2.11. The highest BCUT2D eigenvalue weighted by Crippen LogP contribution is 2.27. The first-order valence-electron chi connectivity index (χ1n) is 5.19. The molecule has 3 heteroatoms. The summed E-state index contributed by atoms with van der Waals surface area (Å²) in [5, 5.41) is 9.44. The number of aliphatic hydroxyl groups excluding tert-OH is 1. The molecular weight excluding hydrogens is 284 g/mol. The van der Waals surface area contributed by atoms with Gasteiger partial charge in [0, 0.05) is 10.8 Å². The molecule has 16 heavy (non-hydrogen) atoms. The first-order valence-corrected chi connectivity index (χ1v) is 6.80. The van der Waals surface area contributed by atoms with Crippen molar-refractivity contribution in [3.05, 3.63) is 56.7 Å². The Morgan fingerprint density at radius 3 is 2.44 bits per heavy atom. The monoisotopic (exact) mass is 296 g/mol. The molecule has 0 bridgehead atoms. The van der Waals surface area contributed by atoms with Gasteiger partial charge in [0.1, 0.15) is 0 Å². The smallest absolute Gasteiger partial charge is 0.0701 e. The van der Waals surface area contributed by atoms with Crippen molar-refractivity contribution in [1.29, 1.82) is 0 Å². The van der Waals surface area contributed by atoms with Gasteiger partial charge in [-0.05, 0) is 40.0 Å². The number of rotatable bonds is 4. The van der Waals surface area contributed by atoms with Crippen LogP contribution in [0.2, 0.25) is 0 Å². The van der Waals surface area contributed by atoms with Crippen molar-refractivity contribution in [2.75, 3.05) is 6.61 Å². The van der Waals surface area contributed by atoms with E-state index in [1.807, 2.05) is 18.2 Å². The van der Waals surface area contributed by atoms with Crippen LogP contribution < -0.4 is 0 Å². The fourth-order valence-electron chi connectivity index (χ4n) is 1.72. The van der Waals surface area contributed by atoms with Crippen molar-refractivity contribution < 1.29 is 5.11 Å². The second kappa shape index (κ2) is 5.62. The lowest BCUT2D eigenvalue weighted by atomic mass is 9.96. The van der Waals surface area contributed by atoms with Crippen molar-refractivity contribution in [1.82, 2.24) is 0 Å². The summed E-state index contributed by atoms with van der Waals surface area (Å²) in [6, 6.07) is 14.3. The molecular formula is C13H13BrOS. The summed E-state index contributed by atoms with van der Waals surface area (Å²) in [4.78, 5) is 1.30. The molecule has 0 spiro atoms. The second-order valence-corrected chi connectivity index (χ2v) is 6.25. The van der Waals surface area contributed by atoms with Gasteiger partial charge >= 0.3 is 0 Å². The van der Waals surface area contributed by atoms with E-state index in [0.29, 0.717) is 0 Å². The summed E-state index contributed by atoms with van der Waals surface area (Å²) in [5.74, 6) is 0.201. The third-order valence-electron chi connectivity index (χ3n) is 2.57. The Morgan fingerprint density at radius 2 is 1.88 bits per heavy atom. The summed E-state index contributed by atoms with van der Waals surface area (Å²) in [6.45, 7) is 0.194. The zero-order valence-corrected chi connectivity index (χ0v) is 11.2. The predicted molar refractivity (Wildman–Crippen MR) is 72.0 cm³/mol. The average Bonchev–Trinajstić information content (AvgIpc) is 2.73. The molecule has 0 saturated carbocycles. The molecule has 0 fully saturated rings. The minimum absolute atomic E-state index is 0.194. The van der Waals surface area contributed by atoms with E-state index in [4.69, 9.17) is 0 Å².